The van der Waals surface area contributed by atoms with Crippen LogP contribution in [0.3, 0.4) is 0 Å². The van der Waals surface area contributed by atoms with Crippen LogP contribution in [0, 0.1) is 0 Å². The molecule has 1 aliphatic heterocycles. The highest BCUT2D eigenvalue weighted by Crippen LogP contribution is 2.17. The molecule has 0 saturated carbocycles. The number of hydrogen-bond donors (Lipinski definition) is 1. The van der Waals surface area contributed by atoms with Gasteiger partial charge in [0.15, 0.2) is 0 Å². The standard InChI is InChI=1S/C16H24F3N3O5.C2H6/c1-5-8-26-14(25)22-7-6-21(13(24)27-15(2,3)4)9-11(22)12(23)20-10-16(17,18)19;1-2/h5,11H,1,6-10H2,2-4H3,(H,20,23);1-2H3. The Balaban J connectivity index is 0.00000379. The summed E-state index contributed by atoms with van der Waals surface area (Å²) in [6, 6.07) is -1.34. The van der Waals surface area contributed by atoms with Crippen LogP contribution >= 0.6 is 0 Å². The van der Waals surface area contributed by atoms with Crippen LogP contribution in [-0.4, -0.2) is 78.5 Å². The van der Waals surface area contributed by atoms with E-state index in [9.17, 15) is 27.6 Å². The molecule has 0 aromatic carbocycles. The minimum atomic E-state index is -4.61. The minimum absolute atomic E-state index is 0.0428. The molecule has 3 amide bonds. The number of piperazine rings is 1. The molecule has 1 fully saturated rings. The molecule has 0 aromatic heterocycles. The van der Waals surface area contributed by atoms with Crippen LogP contribution in [0.15, 0.2) is 12.7 Å². The highest BCUT2D eigenvalue weighted by Gasteiger charge is 2.40. The van der Waals surface area contributed by atoms with Gasteiger partial charge in [-0.15, -0.1) is 0 Å². The van der Waals surface area contributed by atoms with Crippen LogP contribution in [0.2, 0.25) is 0 Å². The third kappa shape index (κ3) is 10.0. The summed E-state index contributed by atoms with van der Waals surface area (Å²) in [6.45, 7) is 10.3. The monoisotopic (exact) mass is 425 g/mol. The van der Waals surface area contributed by atoms with E-state index in [2.05, 4.69) is 6.58 Å². The van der Waals surface area contributed by atoms with Crippen LogP contribution < -0.4 is 5.32 Å². The van der Waals surface area contributed by atoms with Gasteiger partial charge in [-0.2, -0.15) is 13.2 Å². The van der Waals surface area contributed by atoms with E-state index in [1.165, 1.54) is 11.0 Å². The molecule has 0 aromatic rings. The number of ether oxygens (including phenoxy) is 2. The summed E-state index contributed by atoms with van der Waals surface area (Å²) in [5, 5.41) is 1.73. The van der Waals surface area contributed by atoms with Crippen molar-refractivity contribution in [2.45, 2.75) is 52.4 Å². The second-order valence-electron chi connectivity index (χ2n) is 6.83. The first kappa shape index (κ1) is 26.5. The molecule has 0 radical (unpaired) electrons. The van der Waals surface area contributed by atoms with E-state index < -0.39 is 42.5 Å². The van der Waals surface area contributed by atoms with Crippen molar-refractivity contribution < 1.29 is 37.0 Å². The molecule has 1 aliphatic rings. The third-order valence-corrected chi connectivity index (χ3v) is 3.36. The number of nitrogens with zero attached hydrogens (tertiary/aromatic N) is 2. The molecule has 0 spiro atoms. The fourth-order valence-electron chi connectivity index (χ4n) is 2.24. The predicted molar refractivity (Wildman–Crippen MR) is 100 cm³/mol. The van der Waals surface area contributed by atoms with Crippen molar-refractivity contribution in [3.05, 3.63) is 12.7 Å². The van der Waals surface area contributed by atoms with E-state index in [0.717, 1.165) is 4.90 Å². The highest BCUT2D eigenvalue weighted by atomic mass is 19.4. The first-order valence-electron chi connectivity index (χ1n) is 9.20. The Morgan fingerprint density at radius 1 is 1.14 bits per heavy atom. The van der Waals surface area contributed by atoms with Crippen molar-refractivity contribution in [1.82, 2.24) is 15.1 Å². The smallest absolute Gasteiger partial charge is 0.410 e. The predicted octanol–water partition coefficient (Wildman–Crippen LogP) is 2.94. The number of nitrogens with one attached hydrogen (secondary N) is 1. The second kappa shape index (κ2) is 11.5. The summed E-state index contributed by atoms with van der Waals surface area (Å²) in [5.41, 5.74) is -0.787. The number of halogens is 3. The molecule has 29 heavy (non-hydrogen) atoms. The second-order valence-corrected chi connectivity index (χ2v) is 6.83. The fraction of sp³-hybridized carbons (Fsp3) is 0.722. The molecule has 1 saturated heterocycles. The quantitative estimate of drug-likeness (QED) is 0.700. The average Bonchev–Trinajstić information content (AvgIpc) is 2.63. The van der Waals surface area contributed by atoms with Gasteiger partial charge >= 0.3 is 18.4 Å². The molecule has 168 valence electrons. The summed E-state index contributed by atoms with van der Waals surface area (Å²) in [7, 11) is 0. The van der Waals surface area contributed by atoms with Gasteiger partial charge in [-0.05, 0) is 20.8 Å². The van der Waals surface area contributed by atoms with E-state index in [4.69, 9.17) is 9.47 Å². The number of amides is 3. The van der Waals surface area contributed by atoms with Gasteiger partial charge in [-0.1, -0.05) is 26.5 Å². The normalized spacial score (nSPS) is 16.9. The topological polar surface area (TPSA) is 88.2 Å². The Bertz CT molecular complexity index is 576. The van der Waals surface area contributed by atoms with Gasteiger partial charge in [0.25, 0.3) is 0 Å². The summed E-state index contributed by atoms with van der Waals surface area (Å²) >= 11 is 0. The molecule has 1 unspecified atom stereocenters. The zero-order valence-corrected chi connectivity index (χ0v) is 17.5. The summed E-state index contributed by atoms with van der Waals surface area (Å²) in [4.78, 5) is 38.7. The van der Waals surface area contributed by atoms with E-state index in [1.807, 2.05) is 13.8 Å². The number of hydrogen-bond acceptors (Lipinski definition) is 5. The van der Waals surface area contributed by atoms with Crippen LogP contribution in [0.5, 0.6) is 0 Å². The molecule has 1 atom stereocenters. The molecule has 0 bridgehead atoms. The first-order valence-corrected chi connectivity index (χ1v) is 9.20. The number of carbonyl (C=O) groups excluding carboxylic acids is 3. The Labute approximate surface area is 169 Å². The van der Waals surface area contributed by atoms with Gasteiger partial charge in [0.2, 0.25) is 5.91 Å². The SMILES string of the molecule is C=CCOC(=O)N1CCN(C(=O)OC(C)(C)C)CC1C(=O)NCC(F)(F)F.CC. The highest BCUT2D eigenvalue weighted by molar-refractivity contribution is 5.87. The van der Waals surface area contributed by atoms with Crippen molar-refractivity contribution in [1.29, 1.82) is 0 Å². The van der Waals surface area contributed by atoms with E-state index in [1.54, 1.807) is 26.1 Å². The zero-order valence-electron chi connectivity index (χ0n) is 17.5. The molecule has 8 nitrogen and oxygen atoms in total. The van der Waals surface area contributed by atoms with Crippen LogP contribution in [0.1, 0.15) is 34.6 Å². The number of alkyl halides is 3. The lowest BCUT2D eigenvalue weighted by Crippen LogP contribution is -2.62. The summed E-state index contributed by atoms with van der Waals surface area (Å²) in [5.74, 6) is -1.05. The van der Waals surface area contributed by atoms with Crippen LogP contribution in [0.25, 0.3) is 0 Å². The van der Waals surface area contributed by atoms with Gasteiger partial charge in [0.1, 0.15) is 24.8 Å². The first-order chi connectivity index (χ1) is 13.3. The maximum absolute atomic E-state index is 12.4. The van der Waals surface area contributed by atoms with Crippen molar-refractivity contribution >= 4 is 18.1 Å². The van der Waals surface area contributed by atoms with Gasteiger partial charge in [-0.25, -0.2) is 9.59 Å². The number of rotatable bonds is 4. The van der Waals surface area contributed by atoms with Gasteiger partial charge in [0, 0.05) is 13.1 Å². The van der Waals surface area contributed by atoms with Crippen molar-refractivity contribution in [3.63, 3.8) is 0 Å². The average molecular weight is 425 g/mol. The lowest BCUT2D eigenvalue weighted by molar-refractivity contribution is -0.142. The molecule has 11 heteroatoms. The Morgan fingerprint density at radius 3 is 2.21 bits per heavy atom. The fourth-order valence-corrected chi connectivity index (χ4v) is 2.24. The Morgan fingerprint density at radius 2 is 1.72 bits per heavy atom. The minimum Gasteiger partial charge on any atom is -0.445 e. The lowest BCUT2D eigenvalue weighted by Gasteiger charge is -2.40. The van der Waals surface area contributed by atoms with E-state index >= 15 is 0 Å². The van der Waals surface area contributed by atoms with E-state index in [-0.39, 0.29) is 26.2 Å². The molecule has 0 aliphatic carbocycles. The molecule has 1 heterocycles. The Kier molecular flexibility index (Phi) is 10.5. The van der Waals surface area contributed by atoms with Crippen LogP contribution in [-0.2, 0) is 14.3 Å². The third-order valence-electron chi connectivity index (χ3n) is 3.36. The molecular weight excluding hydrogens is 395 g/mol. The van der Waals surface area contributed by atoms with Crippen molar-refractivity contribution in [2.24, 2.45) is 0 Å². The van der Waals surface area contributed by atoms with Crippen molar-refractivity contribution in [3.8, 4) is 0 Å². The van der Waals surface area contributed by atoms with Gasteiger partial charge < -0.3 is 19.7 Å². The van der Waals surface area contributed by atoms with Crippen molar-refractivity contribution in [2.75, 3.05) is 32.8 Å². The van der Waals surface area contributed by atoms with E-state index in [0.29, 0.717) is 0 Å². The summed E-state index contributed by atoms with van der Waals surface area (Å²) < 4.78 is 47.2. The van der Waals surface area contributed by atoms with Gasteiger partial charge in [0.05, 0.1) is 6.54 Å². The number of carbonyl (C=O) groups is 3. The molecular formula is C18H30F3N3O5. The molecule has 1 N–H and O–H groups in total. The summed E-state index contributed by atoms with van der Waals surface area (Å²) in [6.07, 6.45) is -4.90. The molecule has 1 rings (SSSR count). The Hall–Kier alpha value is -2.46. The maximum atomic E-state index is 12.4. The van der Waals surface area contributed by atoms with Crippen LogP contribution in [0.4, 0.5) is 22.8 Å². The van der Waals surface area contributed by atoms with Gasteiger partial charge in [-0.3, -0.25) is 9.69 Å². The zero-order chi connectivity index (χ0) is 22.8. The maximum Gasteiger partial charge on any atom is 0.410 e. The largest absolute Gasteiger partial charge is 0.445 e. The lowest BCUT2D eigenvalue weighted by atomic mass is 10.1.